The summed E-state index contributed by atoms with van der Waals surface area (Å²) in [6.45, 7) is 8.26. The minimum atomic E-state index is 0.0850. The number of para-hydroxylation sites is 1. The SMILES string of the molecule is CCCN(CCC)CC1CCCCC12Cc1ccccc1O2. The topological polar surface area (TPSA) is 12.5 Å². The summed E-state index contributed by atoms with van der Waals surface area (Å²) in [4.78, 5) is 2.67. The molecule has 1 heterocycles. The average molecular weight is 301 g/mol. The van der Waals surface area contributed by atoms with Crippen LogP contribution in [0.5, 0.6) is 5.75 Å². The Morgan fingerprint density at radius 1 is 1.14 bits per heavy atom. The molecule has 0 saturated heterocycles. The van der Waals surface area contributed by atoms with Crippen LogP contribution in [0.25, 0.3) is 0 Å². The van der Waals surface area contributed by atoms with Gasteiger partial charge >= 0.3 is 0 Å². The Hall–Kier alpha value is -1.02. The van der Waals surface area contributed by atoms with E-state index >= 15 is 0 Å². The molecular formula is C20H31NO. The number of benzene rings is 1. The number of fused-ring (bicyclic) bond motifs is 1. The van der Waals surface area contributed by atoms with E-state index in [0.29, 0.717) is 5.92 Å². The van der Waals surface area contributed by atoms with Crippen molar-refractivity contribution < 1.29 is 4.74 Å². The summed E-state index contributed by atoms with van der Waals surface area (Å²) in [5, 5.41) is 0. The van der Waals surface area contributed by atoms with Gasteiger partial charge in [0.05, 0.1) is 0 Å². The quantitative estimate of drug-likeness (QED) is 0.757. The average Bonchev–Trinajstić information content (AvgIpc) is 2.89. The van der Waals surface area contributed by atoms with E-state index in [1.165, 1.54) is 63.7 Å². The van der Waals surface area contributed by atoms with E-state index in [0.717, 1.165) is 12.2 Å². The maximum Gasteiger partial charge on any atom is 0.123 e. The molecule has 2 heteroatoms. The van der Waals surface area contributed by atoms with Crippen LogP contribution in [-0.2, 0) is 6.42 Å². The van der Waals surface area contributed by atoms with Gasteiger partial charge in [0.25, 0.3) is 0 Å². The van der Waals surface area contributed by atoms with E-state index in [-0.39, 0.29) is 5.60 Å². The maximum absolute atomic E-state index is 6.58. The predicted octanol–water partition coefficient (Wildman–Crippen LogP) is 4.67. The highest BCUT2D eigenvalue weighted by Crippen LogP contribution is 2.46. The minimum absolute atomic E-state index is 0.0850. The van der Waals surface area contributed by atoms with Gasteiger partial charge in [-0.3, -0.25) is 0 Å². The first-order valence-corrected chi connectivity index (χ1v) is 9.26. The number of ether oxygens (including phenoxy) is 1. The molecule has 0 N–H and O–H groups in total. The summed E-state index contributed by atoms with van der Waals surface area (Å²) < 4.78 is 6.58. The molecule has 2 aliphatic rings. The van der Waals surface area contributed by atoms with E-state index in [2.05, 4.69) is 43.0 Å². The van der Waals surface area contributed by atoms with Crippen LogP contribution in [0.15, 0.2) is 24.3 Å². The van der Waals surface area contributed by atoms with Crippen molar-refractivity contribution >= 4 is 0 Å². The molecule has 1 aromatic carbocycles. The Kier molecular flexibility index (Phi) is 5.07. The molecule has 1 aliphatic heterocycles. The van der Waals surface area contributed by atoms with Gasteiger partial charge in [0, 0.05) is 18.9 Å². The van der Waals surface area contributed by atoms with E-state index in [9.17, 15) is 0 Å². The third-order valence-electron chi connectivity index (χ3n) is 5.48. The molecule has 2 nitrogen and oxygen atoms in total. The zero-order chi connectivity index (χ0) is 15.4. The van der Waals surface area contributed by atoms with E-state index in [4.69, 9.17) is 4.74 Å². The molecule has 0 amide bonds. The highest BCUT2D eigenvalue weighted by Gasteiger charge is 2.47. The normalized spacial score (nSPS) is 27.1. The smallest absolute Gasteiger partial charge is 0.123 e. The molecule has 2 unspecified atom stereocenters. The van der Waals surface area contributed by atoms with Gasteiger partial charge in [-0.1, -0.05) is 38.5 Å². The monoisotopic (exact) mass is 301 g/mol. The van der Waals surface area contributed by atoms with Crippen molar-refractivity contribution in [3.63, 3.8) is 0 Å². The lowest BCUT2D eigenvalue weighted by Gasteiger charge is -2.43. The van der Waals surface area contributed by atoms with Crippen molar-refractivity contribution in [2.24, 2.45) is 5.92 Å². The van der Waals surface area contributed by atoms with E-state index < -0.39 is 0 Å². The zero-order valence-corrected chi connectivity index (χ0v) is 14.3. The van der Waals surface area contributed by atoms with Crippen LogP contribution in [0.2, 0.25) is 0 Å². The van der Waals surface area contributed by atoms with Gasteiger partial charge in [-0.05, 0) is 56.8 Å². The van der Waals surface area contributed by atoms with Crippen LogP contribution < -0.4 is 4.74 Å². The molecule has 122 valence electrons. The predicted molar refractivity (Wildman–Crippen MR) is 92.5 cm³/mol. The van der Waals surface area contributed by atoms with Crippen molar-refractivity contribution in [1.29, 1.82) is 0 Å². The fraction of sp³-hybridized carbons (Fsp3) is 0.700. The van der Waals surface area contributed by atoms with Gasteiger partial charge in [0.15, 0.2) is 0 Å². The second kappa shape index (κ2) is 7.04. The lowest BCUT2D eigenvalue weighted by atomic mass is 9.73. The van der Waals surface area contributed by atoms with E-state index in [1.807, 2.05) is 0 Å². The molecule has 1 spiro atoms. The molecule has 0 aromatic heterocycles. The summed E-state index contributed by atoms with van der Waals surface area (Å²) in [5.41, 5.74) is 1.51. The van der Waals surface area contributed by atoms with Crippen molar-refractivity contribution in [3.8, 4) is 5.75 Å². The third-order valence-corrected chi connectivity index (χ3v) is 5.48. The fourth-order valence-electron chi connectivity index (χ4n) is 4.47. The summed E-state index contributed by atoms with van der Waals surface area (Å²) in [5.74, 6) is 1.83. The van der Waals surface area contributed by atoms with Crippen molar-refractivity contribution in [3.05, 3.63) is 29.8 Å². The summed E-state index contributed by atoms with van der Waals surface area (Å²) in [7, 11) is 0. The van der Waals surface area contributed by atoms with Crippen molar-refractivity contribution in [2.45, 2.75) is 64.4 Å². The minimum Gasteiger partial charge on any atom is -0.486 e. The summed E-state index contributed by atoms with van der Waals surface area (Å²) >= 11 is 0. The Morgan fingerprint density at radius 3 is 2.64 bits per heavy atom. The van der Waals surface area contributed by atoms with Gasteiger partial charge in [-0.25, -0.2) is 0 Å². The largest absolute Gasteiger partial charge is 0.486 e. The van der Waals surface area contributed by atoms with Gasteiger partial charge < -0.3 is 9.64 Å². The first-order chi connectivity index (χ1) is 10.8. The Balaban J connectivity index is 1.75. The van der Waals surface area contributed by atoms with Crippen LogP contribution in [0.3, 0.4) is 0 Å². The standard InChI is InChI=1S/C20H31NO/c1-3-13-21(14-4-2)16-18-10-7-8-12-20(18)15-17-9-5-6-11-19(17)22-20/h5-6,9,11,18H,3-4,7-8,10,12-16H2,1-2H3. The second-order valence-corrected chi connectivity index (χ2v) is 7.19. The molecule has 1 saturated carbocycles. The molecule has 1 fully saturated rings. The van der Waals surface area contributed by atoms with Gasteiger partial charge in [0.2, 0.25) is 0 Å². The first kappa shape index (κ1) is 15.9. The molecule has 3 rings (SSSR count). The molecule has 1 aliphatic carbocycles. The first-order valence-electron chi connectivity index (χ1n) is 9.26. The molecule has 2 atom stereocenters. The lowest BCUT2D eigenvalue weighted by molar-refractivity contribution is -0.0204. The highest BCUT2D eigenvalue weighted by molar-refractivity contribution is 5.39. The number of rotatable bonds is 6. The number of hydrogen-bond acceptors (Lipinski definition) is 2. The molecular weight excluding hydrogens is 270 g/mol. The van der Waals surface area contributed by atoms with Crippen LogP contribution in [0.4, 0.5) is 0 Å². The van der Waals surface area contributed by atoms with Crippen LogP contribution >= 0.6 is 0 Å². The Labute approximate surface area is 135 Å². The Bertz CT molecular complexity index is 453. The fourth-order valence-corrected chi connectivity index (χ4v) is 4.47. The van der Waals surface area contributed by atoms with Gasteiger partial charge in [-0.2, -0.15) is 0 Å². The van der Waals surface area contributed by atoms with Gasteiger partial charge in [0.1, 0.15) is 11.4 Å². The Morgan fingerprint density at radius 2 is 1.91 bits per heavy atom. The van der Waals surface area contributed by atoms with Crippen molar-refractivity contribution in [2.75, 3.05) is 19.6 Å². The second-order valence-electron chi connectivity index (χ2n) is 7.19. The van der Waals surface area contributed by atoms with E-state index in [1.54, 1.807) is 0 Å². The number of hydrogen-bond donors (Lipinski definition) is 0. The third kappa shape index (κ3) is 3.17. The maximum atomic E-state index is 6.58. The lowest BCUT2D eigenvalue weighted by Crippen LogP contribution is -2.50. The molecule has 0 bridgehead atoms. The highest BCUT2D eigenvalue weighted by atomic mass is 16.5. The molecule has 0 radical (unpaired) electrons. The van der Waals surface area contributed by atoms with Crippen LogP contribution in [0.1, 0.15) is 57.9 Å². The zero-order valence-electron chi connectivity index (χ0n) is 14.3. The van der Waals surface area contributed by atoms with Gasteiger partial charge in [-0.15, -0.1) is 0 Å². The number of nitrogens with zero attached hydrogens (tertiary/aromatic N) is 1. The van der Waals surface area contributed by atoms with Crippen LogP contribution in [-0.4, -0.2) is 30.1 Å². The summed E-state index contributed by atoms with van der Waals surface area (Å²) in [6, 6.07) is 8.67. The van der Waals surface area contributed by atoms with Crippen molar-refractivity contribution in [1.82, 2.24) is 4.90 Å². The van der Waals surface area contributed by atoms with Crippen LogP contribution in [0, 0.1) is 5.92 Å². The molecule has 22 heavy (non-hydrogen) atoms. The summed E-state index contributed by atoms with van der Waals surface area (Å²) in [6.07, 6.45) is 8.89. The molecule has 1 aromatic rings.